The molecule has 3 aliphatic heterocycles. The van der Waals surface area contributed by atoms with Crippen molar-refractivity contribution in [3.63, 3.8) is 0 Å². The van der Waals surface area contributed by atoms with Crippen molar-refractivity contribution in [2.24, 2.45) is 5.92 Å². The Hall–Kier alpha value is -4.11. The lowest BCUT2D eigenvalue weighted by molar-refractivity contribution is -0.339. The zero-order chi connectivity index (χ0) is 32.3. The van der Waals surface area contributed by atoms with Crippen LogP contribution in [0.15, 0.2) is 53.5 Å². The second-order valence-electron chi connectivity index (χ2n) is 12.4. The molecule has 2 aromatic rings. The van der Waals surface area contributed by atoms with Crippen LogP contribution in [0.2, 0.25) is 0 Å². The Labute approximate surface area is 255 Å². The van der Waals surface area contributed by atoms with Gasteiger partial charge in [-0.3, -0.25) is 4.79 Å². The number of Topliss-reactive ketones (excluding diaryl/α,β-unsaturated/α-hetero) is 1. The molecule has 2 unspecified atom stereocenters. The Morgan fingerprint density at radius 2 is 1.67 bits per heavy atom. The van der Waals surface area contributed by atoms with Crippen molar-refractivity contribution < 1.29 is 65.0 Å². The maximum Gasteiger partial charge on any atom is 0.328 e. The second kappa shape index (κ2) is 9.69. The Kier molecular flexibility index (Phi) is 6.37. The third-order valence-corrected chi connectivity index (χ3v) is 9.62. The van der Waals surface area contributed by atoms with Gasteiger partial charge in [0.1, 0.15) is 40.6 Å². The van der Waals surface area contributed by atoms with E-state index in [-0.39, 0.29) is 69.6 Å². The fourth-order valence-electron chi connectivity index (χ4n) is 7.14. The van der Waals surface area contributed by atoms with E-state index in [4.69, 9.17) is 14.2 Å². The number of phenolic OH excluding ortho intramolecular Hbond substituents is 2. The minimum atomic E-state index is -3.25. The molecule has 13 nitrogen and oxygen atoms in total. The maximum absolute atomic E-state index is 13.9. The van der Waals surface area contributed by atoms with Crippen molar-refractivity contribution >= 4 is 5.78 Å². The molecule has 0 radical (unpaired) electrons. The Balaban J connectivity index is 1.37. The highest BCUT2D eigenvalue weighted by atomic mass is 16.7. The van der Waals surface area contributed by atoms with Gasteiger partial charge in [0, 0.05) is 47.2 Å². The topological polar surface area (TPSA) is 227 Å². The molecule has 0 aromatic heterocycles. The van der Waals surface area contributed by atoms with Crippen molar-refractivity contribution in [2.75, 3.05) is 0 Å². The number of carbonyl (C=O) groups is 1. The van der Waals surface area contributed by atoms with Gasteiger partial charge >= 0.3 is 5.79 Å². The van der Waals surface area contributed by atoms with E-state index >= 15 is 0 Å². The van der Waals surface area contributed by atoms with E-state index in [1.165, 1.54) is 18.2 Å². The summed E-state index contributed by atoms with van der Waals surface area (Å²) in [6.45, 7) is 3.37. The third-order valence-electron chi connectivity index (χ3n) is 9.62. The molecule has 8 atom stereocenters. The van der Waals surface area contributed by atoms with E-state index in [9.17, 15) is 50.8 Å². The Morgan fingerprint density at radius 1 is 0.933 bits per heavy atom. The molecule has 2 bridgehead atoms. The Morgan fingerprint density at radius 3 is 2.40 bits per heavy atom. The highest BCUT2D eigenvalue weighted by molar-refractivity contribution is 6.05. The molecule has 1 fully saturated rings. The van der Waals surface area contributed by atoms with Crippen molar-refractivity contribution in [2.45, 2.75) is 74.7 Å². The average molecular weight is 625 g/mol. The Bertz CT molecular complexity index is 1740. The smallest absolute Gasteiger partial charge is 0.328 e. The van der Waals surface area contributed by atoms with Crippen molar-refractivity contribution in [3.8, 4) is 23.0 Å². The van der Waals surface area contributed by atoms with E-state index < -0.39 is 59.7 Å². The van der Waals surface area contributed by atoms with Crippen LogP contribution >= 0.6 is 0 Å². The van der Waals surface area contributed by atoms with Gasteiger partial charge in [0.25, 0.3) is 0 Å². The number of benzene rings is 2. The van der Waals surface area contributed by atoms with Gasteiger partial charge in [0.05, 0.1) is 24.2 Å². The number of aliphatic hydroxyl groups excluding tert-OH is 4. The van der Waals surface area contributed by atoms with Gasteiger partial charge in [-0.05, 0) is 43.0 Å². The van der Waals surface area contributed by atoms with E-state index in [0.717, 1.165) is 12.1 Å². The minimum absolute atomic E-state index is 0.0265. The first-order valence-electron chi connectivity index (χ1n) is 14.4. The van der Waals surface area contributed by atoms with Crippen LogP contribution in [0.25, 0.3) is 0 Å². The molecule has 5 aliphatic rings. The van der Waals surface area contributed by atoms with Gasteiger partial charge in [-0.1, -0.05) is 12.1 Å². The van der Waals surface area contributed by atoms with E-state index in [0.29, 0.717) is 11.1 Å². The SMILES string of the molecule is Cc1cc([C@H]2OC3C=C(O)C=C(O)C3C[C@H]2O)c2c(c1C)O[C@@]1(O)C(=O)C([C@H]3Oc4cc(O)cc(O)c4C[C@H]3O)=C[C@@H]2C1(O)O. The number of aliphatic hydroxyl groups is 7. The summed E-state index contributed by atoms with van der Waals surface area (Å²) in [5, 5.41) is 97.4. The number of rotatable bonds is 2. The molecular formula is C32H32O13. The predicted octanol–water partition coefficient (Wildman–Crippen LogP) is 1.14. The molecular weight excluding hydrogens is 592 g/mol. The number of hydrogen-bond acceptors (Lipinski definition) is 13. The van der Waals surface area contributed by atoms with Crippen LogP contribution in [0, 0.1) is 19.8 Å². The summed E-state index contributed by atoms with van der Waals surface area (Å²) in [6.07, 6.45) is -2.55. The van der Waals surface area contributed by atoms with Crippen LogP contribution in [0.5, 0.6) is 23.0 Å². The first kappa shape index (κ1) is 29.6. The van der Waals surface area contributed by atoms with Gasteiger partial charge < -0.3 is 60.2 Å². The highest BCUT2D eigenvalue weighted by Gasteiger charge is 2.69. The van der Waals surface area contributed by atoms with Gasteiger partial charge in [-0.15, -0.1) is 0 Å². The van der Waals surface area contributed by atoms with Crippen LogP contribution < -0.4 is 9.47 Å². The summed E-state index contributed by atoms with van der Waals surface area (Å²) in [5.74, 6) is -11.1. The molecule has 0 spiro atoms. The summed E-state index contributed by atoms with van der Waals surface area (Å²) in [7, 11) is 0. The van der Waals surface area contributed by atoms with Crippen molar-refractivity contribution in [1.82, 2.24) is 0 Å². The zero-order valence-electron chi connectivity index (χ0n) is 24.1. The lowest BCUT2D eigenvalue weighted by Crippen LogP contribution is -2.71. The number of fused-ring (bicyclic) bond motifs is 6. The maximum atomic E-state index is 13.9. The molecule has 2 aliphatic carbocycles. The lowest BCUT2D eigenvalue weighted by atomic mass is 9.69. The molecule has 3 heterocycles. The fraction of sp³-hybridized carbons (Fsp3) is 0.406. The van der Waals surface area contributed by atoms with Crippen LogP contribution in [0.4, 0.5) is 0 Å². The second-order valence-corrected chi connectivity index (χ2v) is 12.4. The number of phenols is 2. The van der Waals surface area contributed by atoms with Gasteiger partial charge in [-0.2, -0.15) is 0 Å². The fourth-order valence-corrected chi connectivity index (χ4v) is 7.14. The van der Waals surface area contributed by atoms with Crippen molar-refractivity contribution in [1.29, 1.82) is 0 Å². The summed E-state index contributed by atoms with van der Waals surface area (Å²) in [6, 6.07) is 3.92. The van der Waals surface area contributed by atoms with Crippen LogP contribution in [-0.4, -0.2) is 87.7 Å². The van der Waals surface area contributed by atoms with Crippen LogP contribution in [0.1, 0.15) is 46.3 Å². The summed E-state index contributed by atoms with van der Waals surface area (Å²) < 4.78 is 17.9. The highest BCUT2D eigenvalue weighted by Crippen LogP contribution is 2.56. The molecule has 238 valence electrons. The van der Waals surface area contributed by atoms with Crippen LogP contribution in [0.3, 0.4) is 0 Å². The van der Waals surface area contributed by atoms with E-state index in [2.05, 4.69) is 0 Å². The molecule has 9 N–H and O–H groups in total. The van der Waals surface area contributed by atoms with Gasteiger partial charge in [-0.25, -0.2) is 0 Å². The van der Waals surface area contributed by atoms with E-state index in [1.54, 1.807) is 19.9 Å². The number of aromatic hydroxyl groups is 2. The average Bonchev–Trinajstić information content (AvgIpc) is 2.95. The summed E-state index contributed by atoms with van der Waals surface area (Å²) in [4.78, 5) is 13.9. The van der Waals surface area contributed by atoms with Crippen molar-refractivity contribution in [3.05, 3.63) is 81.3 Å². The van der Waals surface area contributed by atoms with Gasteiger partial charge in [0.2, 0.25) is 11.6 Å². The molecule has 7 rings (SSSR count). The molecule has 0 amide bonds. The molecule has 13 heteroatoms. The number of ketones is 1. The number of aryl methyl sites for hydroxylation is 1. The minimum Gasteiger partial charge on any atom is -0.512 e. The number of allylic oxidation sites excluding steroid dienone is 1. The first-order valence-corrected chi connectivity index (χ1v) is 14.4. The quantitative estimate of drug-likeness (QED) is 0.214. The summed E-state index contributed by atoms with van der Waals surface area (Å²) in [5.41, 5.74) is 1.23. The number of carbonyl (C=O) groups excluding carboxylic acids is 1. The monoisotopic (exact) mass is 624 g/mol. The standard InChI is InChI=1S/C32H32O13/c1-11-3-17(28-22(37)9-15-20(35)4-13(33)6-24(15)43-28)26-19-8-18(30(39)32(42,31(19,40)41)45-27(26)12(11)2)29-23(38)10-16-21(36)5-14(34)7-25(16)44-29/h3-8,15,19,22-24,28-29,33-38,40-42H,9-10H2,1-2H3/t15?,19-,22+,23+,24?,28+,29+,32-/m0/s1. The largest absolute Gasteiger partial charge is 0.512 e. The number of ether oxygens (including phenoxy) is 3. The molecule has 2 aromatic carbocycles. The lowest BCUT2D eigenvalue weighted by Gasteiger charge is -2.51. The normalized spacial score (nSPS) is 34.6. The molecule has 0 saturated carbocycles. The first-order chi connectivity index (χ1) is 21.1. The zero-order valence-corrected chi connectivity index (χ0v) is 24.1. The molecule has 1 saturated heterocycles. The third kappa shape index (κ3) is 4.12. The van der Waals surface area contributed by atoms with Crippen LogP contribution in [-0.2, 0) is 16.0 Å². The van der Waals surface area contributed by atoms with E-state index in [1.807, 2.05) is 0 Å². The predicted molar refractivity (Wildman–Crippen MR) is 152 cm³/mol. The number of hydrogen-bond donors (Lipinski definition) is 9. The molecule has 45 heavy (non-hydrogen) atoms. The summed E-state index contributed by atoms with van der Waals surface area (Å²) >= 11 is 0. The van der Waals surface area contributed by atoms with Gasteiger partial charge in [0.15, 0.2) is 6.10 Å².